The van der Waals surface area contributed by atoms with Crippen LogP contribution in [-0.2, 0) is 9.47 Å². The first-order valence-corrected chi connectivity index (χ1v) is 4.00. The highest BCUT2D eigenvalue weighted by atomic mass is 35.5. The molecular weight excluding hydrogens is 207 g/mol. The Morgan fingerprint density at radius 2 is 1.92 bits per heavy atom. The number of carbonyl (C=O) groups excluding carboxylic acids is 2. The first-order chi connectivity index (χ1) is 5.56. The molecular formula is C6H8Cl2O4. The van der Waals surface area contributed by atoms with E-state index in [1.54, 1.807) is 6.92 Å². The number of carbonyl (C=O) groups is 2. The zero-order chi connectivity index (χ0) is 9.56. The summed E-state index contributed by atoms with van der Waals surface area (Å²) in [6.07, 6.45) is -0.0273. The molecule has 12 heavy (non-hydrogen) atoms. The van der Waals surface area contributed by atoms with Crippen LogP contribution in [-0.4, -0.2) is 23.6 Å². The van der Waals surface area contributed by atoms with Crippen LogP contribution in [0, 0.1) is 0 Å². The highest BCUT2D eigenvalue weighted by Crippen LogP contribution is 2.03. The van der Waals surface area contributed by atoms with Gasteiger partial charge in [-0.25, -0.2) is 9.59 Å². The fourth-order valence-electron chi connectivity index (χ4n) is 0.525. The summed E-state index contributed by atoms with van der Waals surface area (Å²) in [7, 11) is 0. The summed E-state index contributed by atoms with van der Waals surface area (Å²) in [5.74, 6) is 0. The standard InChI is InChI=1S/C6H8Cl2O4/c1-2-4(12-6(8)10)3-11-5(7)9/h4H,2-3H2,1H3. The Bertz CT molecular complexity index is 171. The molecule has 1 atom stereocenters. The van der Waals surface area contributed by atoms with Crippen LogP contribution in [0.15, 0.2) is 0 Å². The molecule has 0 saturated heterocycles. The van der Waals surface area contributed by atoms with Crippen molar-refractivity contribution in [3.05, 3.63) is 0 Å². The van der Waals surface area contributed by atoms with Gasteiger partial charge in [-0.15, -0.1) is 0 Å². The minimum absolute atomic E-state index is 0.0721. The Morgan fingerprint density at radius 3 is 2.25 bits per heavy atom. The molecule has 0 aromatic heterocycles. The van der Waals surface area contributed by atoms with E-state index in [1.165, 1.54) is 0 Å². The van der Waals surface area contributed by atoms with E-state index in [9.17, 15) is 9.59 Å². The molecule has 0 bridgehead atoms. The van der Waals surface area contributed by atoms with E-state index in [2.05, 4.69) is 9.47 Å². The lowest BCUT2D eigenvalue weighted by Gasteiger charge is -2.12. The van der Waals surface area contributed by atoms with Crippen molar-refractivity contribution >= 4 is 34.1 Å². The van der Waals surface area contributed by atoms with Crippen molar-refractivity contribution in [2.45, 2.75) is 19.4 Å². The fraction of sp³-hybridized carbons (Fsp3) is 0.667. The molecule has 70 valence electrons. The van der Waals surface area contributed by atoms with E-state index < -0.39 is 17.0 Å². The van der Waals surface area contributed by atoms with Crippen LogP contribution in [0.3, 0.4) is 0 Å². The quantitative estimate of drug-likeness (QED) is 0.676. The normalized spacial score (nSPS) is 11.9. The average Bonchev–Trinajstić information content (AvgIpc) is 1.97. The van der Waals surface area contributed by atoms with Gasteiger partial charge >= 0.3 is 10.9 Å². The molecule has 0 spiro atoms. The topological polar surface area (TPSA) is 52.6 Å². The molecule has 0 aromatic rings. The van der Waals surface area contributed by atoms with Gasteiger partial charge in [-0.1, -0.05) is 6.92 Å². The monoisotopic (exact) mass is 214 g/mol. The van der Waals surface area contributed by atoms with Crippen LogP contribution in [0.5, 0.6) is 0 Å². The minimum Gasteiger partial charge on any atom is -0.450 e. The largest absolute Gasteiger partial charge is 0.450 e. The molecule has 0 aliphatic carbocycles. The summed E-state index contributed by atoms with van der Waals surface area (Å²) in [6.45, 7) is 1.68. The van der Waals surface area contributed by atoms with Crippen LogP contribution >= 0.6 is 23.2 Å². The fourth-order valence-corrected chi connectivity index (χ4v) is 0.714. The van der Waals surface area contributed by atoms with Gasteiger partial charge in [0.05, 0.1) is 0 Å². The minimum atomic E-state index is -0.931. The predicted octanol–water partition coefficient (Wildman–Crippen LogP) is 2.52. The van der Waals surface area contributed by atoms with Crippen molar-refractivity contribution in [1.82, 2.24) is 0 Å². The molecule has 0 amide bonds. The molecule has 0 saturated carbocycles. The van der Waals surface area contributed by atoms with Crippen molar-refractivity contribution in [3.8, 4) is 0 Å². The molecule has 0 aliphatic rings. The molecule has 0 radical (unpaired) electrons. The van der Waals surface area contributed by atoms with Crippen LogP contribution in [0.4, 0.5) is 9.59 Å². The summed E-state index contributed by atoms with van der Waals surface area (Å²) in [5.41, 5.74) is -1.86. The SMILES string of the molecule is CCC(COC(=O)Cl)OC(=O)Cl. The molecule has 0 N–H and O–H groups in total. The Kier molecular flexibility index (Phi) is 5.84. The van der Waals surface area contributed by atoms with Gasteiger partial charge in [0.2, 0.25) is 0 Å². The van der Waals surface area contributed by atoms with Crippen LogP contribution in [0.1, 0.15) is 13.3 Å². The van der Waals surface area contributed by atoms with E-state index in [0.717, 1.165) is 0 Å². The number of hydrogen-bond donors (Lipinski definition) is 0. The Labute approximate surface area is 79.7 Å². The van der Waals surface area contributed by atoms with Crippen molar-refractivity contribution in [2.75, 3.05) is 6.61 Å². The third kappa shape index (κ3) is 6.24. The maximum atomic E-state index is 10.2. The second-order valence-electron chi connectivity index (χ2n) is 1.93. The molecule has 1 unspecified atom stereocenters. The molecule has 4 nitrogen and oxygen atoms in total. The lowest BCUT2D eigenvalue weighted by atomic mass is 10.3. The zero-order valence-corrected chi connectivity index (χ0v) is 7.89. The zero-order valence-electron chi connectivity index (χ0n) is 6.38. The highest BCUT2D eigenvalue weighted by Gasteiger charge is 2.12. The predicted molar refractivity (Wildman–Crippen MR) is 43.6 cm³/mol. The van der Waals surface area contributed by atoms with Crippen LogP contribution in [0.25, 0.3) is 0 Å². The van der Waals surface area contributed by atoms with Crippen molar-refractivity contribution < 1.29 is 19.1 Å². The van der Waals surface area contributed by atoms with Gasteiger partial charge in [0.1, 0.15) is 12.7 Å². The molecule has 0 fully saturated rings. The van der Waals surface area contributed by atoms with E-state index >= 15 is 0 Å². The highest BCUT2D eigenvalue weighted by molar-refractivity contribution is 6.61. The average molecular weight is 215 g/mol. The second-order valence-corrected chi connectivity index (χ2v) is 2.55. The van der Waals surface area contributed by atoms with Gasteiger partial charge < -0.3 is 9.47 Å². The number of rotatable bonds is 4. The maximum Gasteiger partial charge on any atom is 0.404 e. The summed E-state index contributed by atoms with van der Waals surface area (Å²) >= 11 is 9.81. The molecule has 0 rings (SSSR count). The van der Waals surface area contributed by atoms with Crippen molar-refractivity contribution in [2.24, 2.45) is 0 Å². The summed E-state index contributed by atoms with van der Waals surface area (Å²) in [6, 6.07) is 0. The van der Waals surface area contributed by atoms with Crippen LogP contribution in [0.2, 0.25) is 0 Å². The summed E-state index contributed by atoms with van der Waals surface area (Å²) < 4.78 is 8.93. The van der Waals surface area contributed by atoms with Crippen LogP contribution < -0.4 is 0 Å². The van der Waals surface area contributed by atoms with Crippen molar-refractivity contribution in [3.63, 3.8) is 0 Å². The van der Waals surface area contributed by atoms with E-state index in [1.807, 2.05) is 0 Å². The third-order valence-electron chi connectivity index (χ3n) is 1.10. The maximum absolute atomic E-state index is 10.2. The Hall–Kier alpha value is -0.480. The van der Waals surface area contributed by atoms with Gasteiger partial charge in [-0.2, -0.15) is 0 Å². The van der Waals surface area contributed by atoms with Gasteiger partial charge in [0.25, 0.3) is 0 Å². The Morgan fingerprint density at radius 1 is 1.33 bits per heavy atom. The van der Waals surface area contributed by atoms with E-state index in [0.29, 0.717) is 6.42 Å². The number of ether oxygens (including phenoxy) is 2. The number of halogens is 2. The van der Waals surface area contributed by atoms with E-state index in [4.69, 9.17) is 23.2 Å². The Balaban J connectivity index is 3.67. The van der Waals surface area contributed by atoms with Gasteiger partial charge in [0.15, 0.2) is 0 Å². The molecule has 6 heteroatoms. The first kappa shape index (κ1) is 11.5. The summed E-state index contributed by atoms with van der Waals surface area (Å²) in [4.78, 5) is 20.3. The first-order valence-electron chi connectivity index (χ1n) is 3.24. The van der Waals surface area contributed by atoms with Gasteiger partial charge in [-0.3, -0.25) is 0 Å². The summed E-state index contributed by atoms with van der Waals surface area (Å²) in [5, 5.41) is 0. The lowest BCUT2D eigenvalue weighted by Crippen LogP contribution is -2.20. The van der Waals surface area contributed by atoms with Crippen molar-refractivity contribution in [1.29, 1.82) is 0 Å². The lowest BCUT2D eigenvalue weighted by molar-refractivity contribution is 0.0631. The van der Waals surface area contributed by atoms with E-state index in [-0.39, 0.29) is 6.61 Å². The second kappa shape index (κ2) is 6.08. The molecule has 0 aliphatic heterocycles. The third-order valence-corrected chi connectivity index (χ3v) is 1.30. The smallest absolute Gasteiger partial charge is 0.404 e. The molecule has 0 heterocycles. The van der Waals surface area contributed by atoms with Gasteiger partial charge in [0, 0.05) is 23.2 Å². The molecule has 0 aromatic carbocycles. The number of hydrogen-bond acceptors (Lipinski definition) is 4. The van der Waals surface area contributed by atoms with Gasteiger partial charge in [-0.05, 0) is 6.42 Å².